The smallest absolute Gasteiger partial charge is 0.210 e. The van der Waals surface area contributed by atoms with Gasteiger partial charge in [-0.05, 0) is 11.1 Å². The Bertz CT molecular complexity index is 648. The van der Waals surface area contributed by atoms with Gasteiger partial charge in [-0.2, -0.15) is 0 Å². The van der Waals surface area contributed by atoms with Crippen molar-refractivity contribution in [2.75, 3.05) is 5.75 Å². The summed E-state index contributed by atoms with van der Waals surface area (Å²) >= 11 is 0. The predicted molar refractivity (Wildman–Crippen MR) is 74.8 cm³/mol. The van der Waals surface area contributed by atoms with E-state index in [2.05, 4.69) is 16.5 Å². The average Bonchev–Trinajstić information content (AvgIpc) is 2.89. The highest BCUT2D eigenvalue weighted by atomic mass is 32.2. The lowest BCUT2D eigenvalue weighted by Gasteiger charge is -2.18. The summed E-state index contributed by atoms with van der Waals surface area (Å²) in [5.74, 6) is -0.578. The van der Waals surface area contributed by atoms with E-state index in [0.717, 1.165) is 5.56 Å². The molecule has 1 atom stereocenters. The van der Waals surface area contributed by atoms with Crippen molar-refractivity contribution in [3.05, 3.63) is 60.7 Å². The van der Waals surface area contributed by atoms with Crippen LogP contribution in [0.5, 0.6) is 0 Å². The molecule has 1 heterocycles. The number of nitrogens with two attached hydrogens (primary N) is 1. The number of allylic oxidation sites excluding steroid dienone is 1. The second kappa shape index (κ2) is 5.38. The van der Waals surface area contributed by atoms with Crippen molar-refractivity contribution in [1.82, 2.24) is 9.97 Å². The minimum atomic E-state index is -3.60. The number of hydrogen-bond acceptors (Lipinski definition) is 3. The summed E-state index contributed by atoms with van der Waals surface area (Å²) in [6.07, 6.45) is 3.14. The van der Waals surface area contributed by atoms with Crippen LogP contribution in [0.25, 0.3) is 5.57 Å². The Hall–Kier alpha value is -1.92. The molecule has 1 unspecified atom stereocenters. The Kier molecular flexibility index (Phi) is 3.82. The van der Waals surface area contributed by atoms with Crippen LogP contribution in [-0.2, 0) is 10.0 Å². The van der Waals surface area contributed by atoms with E-state index in [9.17, 15) is 8.42 Å². The van der Waals surface area contributed by atoms with Crippen molar-refractivity contribution >= 4 is 15.6 Å². The lowest BCUT2D eigenvalue weighted by atomic mass is 9.92. The lowest BCUT2D eigenvalue weighted by molar-refractivity contribution is 0.595. The van der Waals surface area contributed by atoms with E-state index < -0.39 is 15.9 Å². The van der Waals surface area contributed by atoms with Crippen LogP contribution < -0.4 is 5.14 Å². The number of hydrogen-bond donors (Lipinski definition) is 2. The molecule has 0 saturated carbocycles. The number of nitrogens with one attached hydrogen (secondary N) is 1. The van der Waals surface area contributed by atoms with Gasteiger partial charge >= 0.3 is 0 Å². The maximum Gasteiger partial charge on any atom is 0.210 e. The first-order chi connectivity index (χ1) is 8.97. The first-order valence-electron chi connectivity index (χ1n) is 5.70. The van der Waals surface area contributed by atoms with Crippen molar-refractivity contribution in [1.29, 1.82) is 0 Å². The second-order valence-electron chi connectivity index (χ2n) is 4.28. The minimum Gasteiger partial charge on any atom is -0.345 e. The SMILES string of the molecule is C=C(c1cnc[nH]1)C(CS(N)(=O)=O)c1ccccc1. The van der Waals surface area contributed by atoms with Crippen LogP contribution in [0.15, 0.2) is 49.4 Å². The summed E-state index contributed by atoms with van der Waals surface area (Å²) in [5, 5.41) is 5.17. The molecule has 3 N–H and O–H groups in total. The summed E-state index contributed by atoms with van der Waals surface area (Å²) in [7, 11) is -3.60. The van der Waals surface area contributed by atoms with E-state index >= 15 is 0 Å². The molecule has 5 nitrogen and oxygen atoms in total. The molecule has 0 bridgehead atoms. The van der Waals surface area contributed by atoms with Gasteiger partial charge in [-0.15, -0.1) is 0 Å². The Labute approximate surface area is 112 Å². The van der Waals surface area contributed by atoms with Crippen LogP contribution in [0.1, 0.15) is 17.2 Å². The summed E-state index contributed by atoms with van der Waals surface area (Å²) < 4.78 is 22.8. The lowest BCUT2D eigenvalue weighted by Crippen LogP contribution is -2.22. The minimum absolute atomic E-state index is 0.186. The number of sulfonamides is 1. The fourth-order valence-corrected chi connectivity index (χ4v) is 2.79. The summed E-state index contributed by atoms with van der Waals surface area (Å²) in [6, 6.07) is 9.29. The summed E-state index contributed by atoms with van der Waals surface area (Å²) in [6.45, 7) is 3.97. The highest BCUT2D eigenvalue weighted by molar-refractivity contribution is 7.89. The number of aromatic nitrogens is 2. The predicted octanol–water partition coefficient (Wildman–Crippen LogP) is 1.50. The normalized spacial score (nSPS) is 13.1. The number of nitrogens with zero attached hydrogens (tertiary/aromatic N) is 1. The molecule has 1 aromatic heterocycles. The molecule has 100 valence electrons. The molecular formula is C13H15N3O2S. The Balaban J connectivity index is 2.38. The molecule has 0 spiro atoms. The topological polar surface area (TPSA) is 88.8 Å². The highest BCUT2D eigenvalue weighted by Gasteiger charge is 2.22. The van der Waals surface area contributed by atoms with Gasteiger partial charge in [0, 0.05) is 5.92 Å². The maximum absolute atomic E-state index is 11.4. The largest absolute Gasteiger partial charge is 0.345 e. The Morgan fingerprint density at radius 1 is 1.37 bits per heavy atom. The number of rotatable bonds is 5. The van der Waals surface area contributed by atoms with Crippen molar-refractivity contribution in [3.63, 3.8) is 0 Å². The molecule has 0 fully saturated rings. The zero-order valence-corrected chi connectivity index (χ0v) is 11.1. The molecule has 0 aliphatic rings. The van der Waals surface area contributed by atoms with Gasteiger partial charge in [0.25, 0.3) is 0 Å². The van der Waals surface area contributed by atoms with E-state index in [1.807, 2.05) is 30.3 Å². The van der Waals surface area contributed by atoms with Crippen LogP contribution in [0.4, 0.5) is 0 Å². The van der Waals surface area contributed by atoms with Gasteiger partial charge in [0.05, 0.1) is 24.0 Å². The van der Waals surface area contributed by atoms with Gasteiger partial charge in [0.1, 0.15) is 0 Å². The van der Waals surface area contributed by atoms with Gasteiger partial charge in [-0.1, -0.05) is 36.9 Å². The van der Waals surface area contributed by atoms with Gasteiger partial charge in [-0.3, -0.25) is 0 Å². The first-order valence-corrected chi connectivity index (χ1v) is 7.42. The number of aromatic amines is 1. The summed E-state index contributed by atoms with van der Waals surface area (Å²) in [4.78, 5) is 6.85. The monoisotopic (exact) mass is 277 g/mol. The second-order valence-corrected chi connectivity index (χ2v) is 5.94. The molecule has 0 amide bonds. The maximum atomic E-state index is 11.4. The number of H-pyrrole nitrogens is 1. The number of primary sulfonamides is 1. The van der Waals surface area contributed by atoms with Crippen LogP contribution >= 0.6 is 0 Å². The average molecular weight is 277 g/mol. The Morgan fingerprint density at radius 2 is 2.05 bits per heavy atom. The third-order valence-electron chi connectivity index (χ3n) is 2.87. The van der Waals surface area contributed by atoms with Crippen molar-refractivity contribution in [2.45, 2.75) is 5.92 Å². The van der Waals surface area contributed by atoms with Crippen molar-refractivity contribution in [2.24, 2.45) is 5.14 Å². The standard InChI is InChI=1S/C13H15N3O2S/c1-10(13-7-15-9-16-13)12(8-19(14,17)18)11-5-3-2-4-6-11/h2-7,9,12H,1,8H2,(H,15,16)(H2,14,17,18). The molecule has 0 aliphatic heterocycles. The Morgan fingerprint density at radius 3 is 2.58 bits per heavy atom. The molecular weight excluding hydrogens is 262 g/mol. The van der Waals surface area contributed by atoms with Crippen molar-refractivity contribution < 1.29 is 8.42 Å². The molecule has 0 aliphatic carbocycles. The third kappa shape index (κ3) is 3.52. The molecule has 0 radical (unpaired) electrons. The fraction of sp³-hybridized carbons (Fsp3) is 0.154. The fourth-order valence-electron chi connectivity index (χ4n) is 1.93. The van der Waals surface area contributed by atoms with Gasteiger partial charge in [-0.25, -0.2) is 18.5 Å². The first kappa shape index (κ1) is 13.5. The summed E-state index contributed by atoms with van der Waals surface area (Å²) in [5.41, 5.74) is 2.21. The van der Waals surface area contributed by atoms with E-state index in [1.165, 1.54) is 6.33 Å². The molecule has 1 aromatic carbocycles. The van der Waals surface area contributed by atoms with Crippen LogP contribution in [0.3, 0.4) is 0 Å². The van der Waals surface area contributed by atoms with E-state index in [0.29, 0.717) is 11.3 Å². The zero-order chi connectivity index (χ0) is 13.9. The van der Waals surface area contributed by atoms with Crippen molar-refractivity contribution in [3.8, 4) is 0 Å². The van der Waals surface area contributed by atoms with Gasteiger partial charge in [0.15, 0.2) is 0 Å². The number of imidazole rings is 1. The van der Waals surface area contributed by atoms with Crippen LogP contribution in [0.2, 0.25) is 0 Å². The molecule has 2 aromatic rings. The van der Waals surface area contributed by atoms with Crippen LogP contribution in [0, 0.1) is 0 Å². The molecule has 6 heteroatoms. The molecule has 0 saturated heterocycles. The quantitative estimate of drug-likeness (QED) is 0.867. The van der Waals surface area contributed by atoms with Gasteiger partial charge < -0.3 is 4.98 Å². The van der Waals surface area contributed by atoms with E-state index in [1.54, 1.807) is 6.20 Å². The highest BCUT2D eigenvalue weighted by Crippen LogP contribution is 2.30. The van der Waals surface area contributed by atoms with Gasteiger partial charge in [0.2, 0.25) is 10.0 Å². The van der Waals surface area contributed by atoms with E-state index in [-0.39, 0.29) is 5.75 Å². The van der Waals surface area contributed by atoms with Crippen LogP contribution in [-0.4, -0.2) is 24.1 Å². The molecule has 2 rings (SSSR count). The van der Waals surface area contributed by atoms with E-state index in [4.69, 9.17) is 5.14 Å². The number of benzene rings is 1. The molecule has 19 heavy (non-hydrogen) atoms. The third-order valence-corrected chi connectivity index (χ3v) is 3.66. The zero-order valence-electron chi connectivity index (χ0n) is 10.3.